The number of ketones is 1. The molecular weight excluding hydrogens is 410 g/mol. The molecule has 2 aliphatic rings. The summed E-state index contributed by atoms with van der Waals surface area (Å²) in [5.41, 5.74) is 5.42. The molecule has 2 heterocycles. The predicted octanol–water partition coefficient (Wildman–Crippen LogP) is 5.18. The Balaban J connectivity index is 1.32. The molecule has 1 unspecified atom stereocenters. The van der Waals surface area contributed by atoms with Crippen LogP contribution in [0.5, 0.6) is 5.75 Å². The Hall–Kier alpha value is -3.40. The number of carbonyl (C=O) groups excluding carboxylic acids is 2. The van der Waals surface area contributed by atoms with Crippen molar-refractivity contribution in [3.05, 3.63) is 101 Å². The molecule has 5 rings (SSSR count). The summed E-state index contributed by atoms with van der Waals surface area (Å²) < 4.78 is 5.47. The number of carbonyl (C=O) groups is 2. The molecular formula is C29H29NO3. The van der Waals surface area contributed by atoms with Crippen molar-refractivity contribution in [1.29, 1.82) is 0 Å². The highest BCUT2D eigenvalue weighted by atomic mass is 16.5. The van der Waals surface area contributed by atoms with Gasteiger partial charge in [0.05, 0.1) is 0 Å². The van der Waals surface area contributed by atoms with Crippen LogP contribution in [0.3, 0.4) is 0 Å². The molecule has 2 aliphatic heterocycles. The minimum Gasteiger partial charge on any atom is -0.486 e. The number of benzene rings is 3. The standard InChI is InChI=1S/C29H29NO3/c1-20-6-5-9-23(16-20)28(21-7-3-2-4-8-21)22-12-14-30(15-13-22)29(32)24-10-11-27-25(17-24)18-26(31)19-33-27/h2-11,16-17,22,28H,12-15,18-19H2,1H3. The summed E-state index contributed by atoms with van der Waals surface area (Å²) in [6, 6.07) is 25.0. The third-order valence-electron chi connectivity index (χ3n) is 6.94. The van der Waals surface area contributed by atoms with E-state index in [4.69, 9.17) is 4.74 Å². The van der Waals surface area contributed by atoms with Crippen LogP contribution >= 0.6 is 0 Å². The first kappa shape index (κ1) is 21.4. The monoisotopic (exact) mass is 439 g/mol. The molecule has 0 radical (unpaired) electrons. The van der Waals surface area contributed by atoms with Gasteiger partial charge in [0.25, 0.3) is 5.91 Å². The van der Waals surface area contributed by atoms with E-state index in [1.165, 1.54) is 16.7 Å². The zero-order chi connectivity index (χ0) is 22.8. The van der Waals surface area contributed by atoms with Crippen molar-refractivity contribution in [2.24, 2.45) is 5.92 Å². The van der Waals surface area contributed by atoms with Crippen LogP contribution in [0.15, 0.2) is 72.8 Å². The van der Waals surface area contributed by atoms with E-state index in [1.807, 2.05) is 23.1 Å². The zero-order valence-electron chi connectivity index (χ0n) is 19.0. The molecule has 0 bridgehead atoms. The lowest BCUT2D eigenvalue weighted by atomic mass is 9.76. The van der Waals surface area contributed by atoms with Crippen LogP contribution in [0.2, 0.25) is 0 Å². The Labute approximate surface area is 195 Å². The highest BCUT2D eigenvalue weighted by molar-refractivity contribution is 5.95. The molecule has 1 atom stereocenters. The van der Waals surface area contributed by atoms with E-state index in [1.54, 1.807) is 0 Å². The van der Waals surface area contributed by atoms with Gasteiger partial charge in [0.2, 0.25) is 0 Å². The Bertz CT molecular complexity index is 1160. The fourth-order valence-corrected chi connectivity index (χ4v) is 5.29. The number of nitrogens with zero attached hydrogens (tertiary/aromatic N) is 1. The first-order chi connectivity index (χ1) is 16.1. The SMILES string of the molecule is Cc1cccc(C(c2ccccc2)C2CCN(C(=O)c3ccc4c(c3)CC(=O)CO4)CC2)c1. The van der Waals surface area contributed by atoms with Crippen molar-refractivity contribution in [2.45, 2.75) is 32.1 Å². The highest BCUT2D eigenvalue weighted by Crippen LogP contribution is 2.38. The molecule has 1 fully saturated rings. The van der Waals surface area contributed by atoms with Crippen LogP contribution < -0.4 is 4.74 Å². The van der Waals surface area contributed by atoms with Gasteiger partial charge in [-0.1, -0.05) is 60.2 Å². The van der Waals surface area contributed by atoms with Crippen LogP contribution in [0, 0.1) is 12.8 Å². The normalized spacial score (nSPS) is 17.2. The van der Waals surface area contributed by atoms with Gasteiger partial charge in [-0.3, -0.25) is 9.59 Å². The Kier molecular flexibility index (Phi) is 5.99. The number of hydrogen-bond acceptors (Lipinski definition) is 3. The number of fused-ring (bicyclic) bond motifs is 1. The van der Waals surface area contributed by atoms with Gasteiger partial charge in [0.1, 0.15) is 12.4 Å². The molecule has 0 saturated carbocycles. The van der Waals surface area contributed by atoms with Crippen molar-refractivity contribution in [3.63, 3.8) is 0 Å². The Morgan fingerprint density at radius 2 is 1.70 bits per heavy atom. The van der Waals surface area contributed by atoms with Crippen molar-refractivity contribution in [2.75, 3.05) is 19.7 Å². The summed E-state index contributed by atoms with van der Waals surface area (Å²) >= 11 is 0. The topological polar surface area (TPSA) is 46.6 Å². The maximum absolute atomic E-state index is 13.2. The molecule has 4 nitrogen and oxygen atoms in total. The molecule has 3 aromatic rings. The fraction of sp³-hybridized carbons (Fsp3) is 0.310. The molecule has 33 heavy (non-hydrogen) atoms. The van der Waals surface area contributed by atoms with Gasteiger partial charge >= 0.3 is 0 Å². The van der Waals surface area contributed by atoms with E-state index in [-0.39, 0.29) is 18.3 Å². The average Bonchev–Trinajstić information content (AvgIpc) is 2.84. The molecule has 4 heteroatoms. The van der Waals surface area contributed by atoms with E-state index in [0.717, 1.165) is 31.5 Å². The lowest BCUT2D eigenvalue weighted by Crippen LogP contribution is -2.40. The second-order valence-corrected chi connectivity index (χ2v) is 9.26. The minimum atomic E-state index is 0.0427. The van der Waals surface area contributed by atoms with Crippen LogP contribution in [-0.4, -0.2) is 36.3 Å². The van der Waals surface area contributed by atoms with Gasteiger partial charge in [0, 0.05) is 36.6 Å². The first-order valence-electron chi connectivity index (χ1n) is 11.8. The van der Waals surface area contributed by atoms with Crippen molar-refractivity contribution in [1.82, 2.24) is 4.90 Å². The molecule has 0 aliphatic carbocycles. The van der Waals surface area contributed by atoms with Gasteiger partial charge in [-0.05, 0) is 55.0 Å². The first-order valence-corrected chi connectivity index (χ1v) is 11.8. The number of likely N-dealkylation sites (tertiary alicyclic amines) is 1. The Morgan fingerprint density at radius 3 is 2.45 bits per heavy atom. The number of hydrogen-bond donors (Lipinski definition) is 0. The lowest BCUT2D eigenvalue weighted by Gasteiger charge is -2.37. The van der Waals surface area contributed by atoms with E-state index in [2.05, 4.69) is 61.5 Å². The van der Waals surface area contributed by atoms with E-state index in [0.29, 0.717) is 29.6 Å². The van der Waals surface area contributed by atoms with E-state index in [9.17, 15) is 9.59 Å². The smallest absolute Gasteiger partial charge is 0.253 e. The quantitative estimate of drug-likeness (QED) is 0.563. The van der Waals surface area contributed by atoms with Gasteiger partial charge in [-0.25, -0.2) is 0 Å². The second-order valence-electron chi connectivity index (χ2n) is 9.26. The van der Waals surface area contributed by atoms with E-state index >= 15 is 0 Å². The second kappa shape index (κ2) is 9.22. The largest absolute Gasteiger partial charge is 0.486 e. The molecule has 0 N–H and O–H groups in total. The molecule has 168 valence electrons. The summed E-state index contributed by atoms with van der Waals surface area (Å²) in [5, 5.41) is 0. The number of rotatable bonds is 4. The average molecular weight is 440 g/mol. The van der Waals surface area contributed by atoms with Gasteiger partial charge in [-0.2, -0.15) is 0 Å². The Morgan fingerprint density at radius 1 is 0.939 bits per heavy atom. The number of amides is 1. The van der Waals surface area contributed by atoms with Crippen LogP contribution in [0.25, 0.3) is 0 Å². The maximum atomic E-state index is 13.2. The fourth-order valence-electron chi connectivity index (χ4n) is 5.29. The number of piperidine rings is 1. The van der Waals surface area contributed by atoms with Crippen molar-refractivity contribution < 1.29 is 14.3 Å². The summed E-state index contributed by atoms with van der Waals surface area (Å²) in [6.07, 6.45) is 2.27. The summed E-state index contributed by atoms with van der Waals surface area (Å²) in [7, 11) is 0. The summed E-state index contributed by atoms with van der Waals surface area (Å²) in [6.45, 7) is 3.75. The van der Waals surface area contributed by atoms with Crippen LogP contribution in [-0.2, 0) is 11.2 Å². The van der Waals surface area contributed by atoms with Gasteiger partial charge in [-0.15, -0.1) is 0 Å². The third-order valence-corrected chi connectivity index (χ3v) is 6.94. The molecule has 3 aromatic carbocycles. The number of aryl methyl sites for hydroxylation is 1. The highest BCUT2D eigenvalue weighted by Gasteiger charge is 2.31. The minimum absolute atomic E-state index is 0.0427. The van der Waals surface area contributed by atoms with Crippen molar-refractivity contribution in [3.8, 4) is 5.75 Å². The number of Topliss-reactive ketones (excluding diaryl/α,β-unsaturated/α-hetero) is 1. The summed E-state index contributed by atoms with van der Waals surface area (Å²) in [4.78, 5) is 26.9. The molecule has 1 saturated heterocycles. The van der Waals surface area contributed by atoms with E-state index < -0.39 is 0 Å². The zero-order valence-corrected chi connectivity index (χ0v) is 19.0. The number of ether oxygens (including phenoxy) is 1. The summed E-state index contributed by atoms with van der Waals surface area (Å²) in [5.74, 6) is 1.62. The van der Waals surface area contributed by atoms with Gasteiger partial charge < -0.3 is 9.64 Å². The van der Waals surface area contributed by atoms with Crippen LogP contribution in [0.4, 0.5) is 0 Å². The van der Waals surface area contributed by atoms with Crippen LogP contribution in [0.1, 0.15) is 51.4 Å². The molecule has 0 aromatic heterocycles. The van der Waals surface area contributed by atoms with Crippen molar-refractivity contribution >= 4 is 11.7 Å². The lowest BCUT2D eigenvalue weighted by molar-refractivity contribution is -0.121. The van der Waals surface area contributed by atoms with Gasteiger partial charge in [0.15, 0.2) is 5.78 Å². The third kappa shape index (κ3) is 4.56. The maximum Gasteiger partial charge on any atom is 0.253 e. The molecule has 0 spiro atoms. The molecule has 1 amide bonds. The predicted molar refractivity (Wildman–Crippen MR) is 129 cm³/mol.